The topological polar surface area (TPSA) is 53.4 Å². The van der Waals surface area contributed by atoms with Crippen LogP contribution in [0.2, 0.25) is 5.02 Å². The van der Waals surface area contributed by atoms with Crippen molar-refractivity contribution >= 4 is 17.6 Å². The van der Waals surface area contributed by atoms with Gasteiger partial charge in [0.05, 0.1) is 24.8 Å². The molecule has 7 heteroatoms. The number of para-hydroxylation sites is 1. The van der Waals surface area contributed by atoms with Gasteiger partial charge < -0.3 is 14.0 Å². The summed E-state index contributed by atoms with van der Waals surface area (Å²) in [5, 5.41) is 0.0869. The molecule has 3 aromatic rings. The summed E-state index contributed by atoms with van der Waals surface area (Å²) in [5.74, 6) is 1.10. The van der Waals surface area contributed by atoms with Gasteiger partial charge in [0.15, 0.2) is 0 Å². The highest BCUT2D eigenvalue weighted by atomic mass is 35.5. The Morgan fingerprint density at radius 2 is 2.03 bits per heavy atom. The Kier molecular flexibility index (Phi) is 8.89. The lowest BCUT2D eigenvalue weighted by Gasteiger charge is -2.16. The van der Waals surface area contributed by atoms with E-state index in [9.17, 15) is 9.18 Å². The molecule has 0 aliphatic carbocycles. The normalized spacial score (nSPS) is 11.9. The number of halogens is 2. The molecule has 1 atom stereocenters. The maximum atomic E-state index is 14.0. The maximum Gasteiger partial charge on any atom is 0.306 e. The molecule has 2 aromatic carbocycles. The molecule has 0 bridgehead atoms. The molecular weight excluding hydrogens is 443 g/mol. The highest BCUT2D eigenvalue weighted by Gasteiger charge is 2.14. The number of benzene rings is 2. The molecule has 0 spiro atoms. The molecule has 0 saturated carbocycles. The number of ether oxygens (including phenoxy) is 2. The van der Waals surface area contributed by atoms with E-state index in [-0.39, 0.29) is 16.9 Å². The Balaban J connectivity index is 1.65. The summed E-state index contributed by atoms with van der Waals surface area (Å²) in [4.78, 5) is 16.1. The number of aromatic nitrogens is 2. The van der Waals surface area contributed by atoms with Gasteiger partial charge in [0.25, 0.3) is 0 Å². The average molecular weight is 473 g/mol. The minimum Gasteiger partial charge on any atom is -0.493 e. The number of hydrogen-bond acceptors (Lipinski definition) is 4. The first-order valence-electron chi connectivity index (χ1n) is 11.2. The van der Waals surface area contributed by atoms with Crippen molar-refractivity contribution in [3.05, 3.63) is 70.8 Å². The van der Waals surface area contributed by atoms with Gasteiger partial charge in [-0.2, -0.15) is 0 Å². The minimum absolute atomic E-state index is 0.0869. The van der Waals surface area contributed by atoms with Crippen molar-refractivity contribution < 1.29 is 18.7 Å². The zero-order valence-corrected chi connectivity index (χ0v) is 20.1. The van der Waals surface area contributed by atoms with Crippen LogP contribution in [-0.4, -0.2) is 28.7 Å². The number of esters is 1. The van der Waals surface area contributed by atoms with E-state index in [1.54, 1.807) is 18.3 Å². The van der Waals surface area contributed by atoms with Gasteiger partial charge in [-0.15, -0.1) is 0 Å². The van der Waals surface area contributed by atoms with E-state index in [4.69, 9.17) is 21.1 Å². The van der Waals surface area contributed by atoms with Crippen LogP contribution in [-0.2, 0) is 16.1 Å². The lowest BCUT2D eigenvalue weighted by molar-refractivity contribution is -0.144. The van der Waals surface area contributed by atoms with Crippen LogP contribution >= 0.6 is 11.6 Å². The second-order valence-electron chi connectivity index (χ2n) is 8.15. The van der Waals surface area contributed by atoms with Gasteiger partial charge in [-0.25, -0.2) is 9.37 Å². The average Bonchev–Trinajstić information content (AvgIpc) is 3.14. The summed E-state index contributed by atoms with van der Waals surface area (Å²) in [6.07, 6.45) is 3.93. The SMILES string of the molecule is CCOC(=O)C[C@H](C)CCCOc1ccccc1Cn1c(C)cnc1-c1ccc(Cl)c(F)c1. The predicted octanol–water partition coefficient (Wildman–Crippen LogP) is 6.45. The van der Waals surface area contributed by atoms with Crippen molar-refractivity contribution in [2.75, 3.05) is 13.2 Å². The van der Waals surface area contributed by atoms with E-state index < -0.39 is 5.82 Å². The number of imidazole rings is 1. The number of carbonyl (C=O) groups excluding carboxylic acids is 1. The van der Waals surface area contributed by atoms with Crippen molar-refractivity contribution in [1.82, 2.24) is 9.55 Å². The Hall–Kier alpha value is -2.86. The van der Waals surface area contributed by atoms with Gasteiger partial charge in [0, 0.05) is 29.4 Å². The molecule has 1 heterocycles. The number of aryl methyl sites for hydroxylation is 1. The van der Waals surface area contributed by atoms with E-state index in [1.165, 1.54) is 6.07 Å². The predicted molar refractivity (Wildman–Crippen MR) is 128 cm³/mol. The summed E-state index contributed by atoms with van der Waals surface area (Å²) in [6.45, 7) is 7.35. The van der Waals surface area contributed by atoms with Crippen LogP contribution in [0.4, 0.5) is 4.39 Å². The molecule has 0 radical (unpaired) electrons. The zero-order valence-electron chi connectivity index (χ0n) is 19.3. The minimum atomic E-state index is -0.470. The van der Waals surface area contributed by atoms with Gasteiger partial charge in [0.1, 0.15) is 17.4 Å². The van der Waals surface area contributed by atoms with E-state index >= 15 is 0 Å². The van der Waals surface area contributed by atoms with Gasteiger partial charge in [-0.1, -0.05) is 36.7 Å². The van der Waals surface area contributed by atoms with Crippen LogP contribution in [0.15, 0.2) is 48.7 Å². The zero-order chi connectivity index (χ0) is 23.8. The number of nitrogens with zero attached hydrogens (tertiary/aromatic N) is 2. The highest BCUT2D eigenvalue weighted by Crippen LogP contribution is 2.27. The molecule has 1 aromatic heterocycles. The summed E-state index contributed by atoms with van der Waals surface area (Å²) < 4.78 is 27.1. The van der Waals surface area contributed by atoms with E-state index in [0.29, 0.717) is 37.6 Å². The van der Waals surface area contributed by atoms with Crippen LogP contribution in [0.5, 0.6) is 5.75 Å². The fourth-order valence-corrected chi connectivity index (χ4v) is 3.81. The van der Waals surface area contributed by atoms with E-state index in [0.717, 1.165) is 29.8 Å². The van der Waals surface area contributed by atoms with Crippen molar-refractivity contribution in [3.63, 3.8) is 0 Å². The molecular formula is C26H30ClFN2O3. The van der Waals surface area contributed by atoms with Gasteiger partial charge >= 0.3 is 5.97 Å². The van der Waals surface area contributed by atoms with Crippen LogP contribution in [0, 0.1) is 18.7 Å². The third-order valence-corrected chi connectivity index (χ3v) is 5.76. The quantitative estimate of drug-likeness (QED) is 0.238. The highest BCUT2D eigenvalue weighted by molar-refractivity contribution is 6.30. The number of rotatable bonds is 11. The first kappa shape index (κ1) is 24.8. The maximum absolute atomic E-state index is 14.0. The Morgan fingerprint density at radius 1 is 1.24 bits per heavy atom. The summed E-state index contributed by atoms with van der Waals surface area (Å²) in [5.41, 5.74) is 2.63. The Morgan fingerprint density at radius 3 is 2.79 bits per heavy atom. The molecule has 5 nitrogen and oxygen atoms in total. The molecule has 0 fully saturated rings. The van der Waals surface area contributed by atoms with Gasteiger partial charge in [-0.3, -0.25) is 4.79 Å². The lowest BCUT2D eigenvalue weighted by atomic mass is 10.0. The second kappa shape index (κ2) is 11.8. The molecule has 0 unspecified atom stereocenters. The largest absolute Gasteiger partial charge is 0.493 e. The molecule has 0 amide bonds. The fraction of sp³-hybridized carbons (Fsp3) is 0.385. The van der Waals surface area contributed by atoms with E-state index in [2.05, 4.69) is 4.98 Å². The second-order valence-corrected chi connectivity index (χ2v) is 8.56. The summed E-state index contributed by atoms with van der Waals surface area (Å²) >= 11 is 5.84. The molecule has 0 saturated heterocycles. The van der Waals surface area contributed by atoms with Gasteiger partial charge in [0.2, 0.25) is 0 Å². The van der Waals surface area contributed by atoms with Crippen LogP contribution in [0.3, 0.4) is 0 Å². The molecule has 0 N–H and O–H groups in total. The van der Waals surface area contributed by atoms with Crippen LogP contribution in [0.25, 0.3) is 11.4 Å². The van der Waals surface area contributed by atoms with Crippen molar-refractivity contribution in [1.29, 1.82) is 0 Å². The third-order valence-electron chi connectivity index (χ3n) is 5.45. The number of hydrogen-bond donors (Lipinski definition) is 0. The summed E-state index contributed by atoms with van der Waals surface area (Å²) in [6, 6.07) is 12.6. The fourth-order valence-electron chi connectivity index (χ4n) is 3.69. The number of carbonyl (C=O) groups is 1. The molecule has 0 aliphatic heterocycles. The van der Waals surface area contributed by atoms with Crippen molar-refractivity contribution in [2.24, 2.45) is 5.92 Å². The summed E-state index contributed by atoms with van der Waals surface area (Å²) in [7, 11) is 0. The van der Waals surface area contributed by atoms with E-state index in [1.807, 2.05) is 49.6 Å². The standard InChI is InChI=1S/C26H30ClFN2O3/c1-4-32-25(31)14-18(2)8-7-13-33-24-10-6-5-9-21(24)17-30-19(3)16-29-26(30)20-11-12-22(27)23(28)15-20/h5-6,9-12,15-16,18H,4,7-8,13-14,17H2,1-3H3/t18-/m1/s1. The van der Waals surface area contributed by atoms with Crippen LogP contribution in [0.1, 0.15) is 44.4 Å². The molecule has 0 aliphatic rings. The van der Waals surface area contributed by atoms with Crippen LogP contribution < -0.4 is 4.74 Å². The van der Waals surface area contributed by atoms with Crippen molar-refractivity contribution in [2.45, 2.75) is 46.6 Å². The molecule has 176 valence electrons. The lowest BCUT2D eigenvalue weighted by Crippen LogP contribution is -2.11. The Labute approximate surface area is 199 Å². The third kappa shape index (κ3) is 6.81. The monoisotopic (exact) mass is 472 g/mol. The smallest absolute Gasteiger partial charge is 0.306 e. The first-order chi connectivity index (χ1) is 15.9. The Bertz CT molecular complexity index is 1080. The van der Waals surface area contributed by atoms with Crippen molar-refractivity contribution in [3.8, 4) is 17.1 Å². The van der Waals surface area contributed by atoms with Gasteiger partial charge in [-0.05, 0) is 56.9 Å². The first-order valence-corrected chi connectivity index (χ1v) is 11.6. The molecule has 3 rings (SSSR count). The molecule has 33 heavy (non-hydrogen) atoms.